The number of thiocarbonyl (C=S) groups is 1. The number of nitrogens with zero attached hydrogens (tertiary/aromatic N) is 1. The Labute approximate surface area is 199 Å². The number of benzene rings is 2. The minimum absolute atomic E-state index is 0.0508. The Hall–Kier alpha value is -2.51. The molecule has 0 N–H and O–H groups in total. The van der Waals surface area contributed by atoms with Gasteiger partial charge in [-0.25, -0.2) is 0 Å². The highest BCUT2D eigenvalue weighted by Crippen LogP contribution is 2.34. The van der Waals surface area contributed by atoms with Crippen molar-refractivity contribution in [3.63, 3.8) is 0 Å². The molecule has 0 bridgehead atoms. The molecule has 1 heterocycles. The third kappa shape index (κ3) is 6.26. The topological polar surface area (TPSA) is 48.0 Å². The normalized spacial score (nSPS) is 14.8. The highest BCUT2D eigenvalue weighted by molar-refractivity contribution is 8.26. The summed E-state index contributed by atoms with van der Waals surface area (Å²) in [6.45, 7) is 8.17. The van der Waals surface area contributed by atoms with E-state index in [1.807, 2.05) is 50.3 Å². The summed E-state index contributed by atoms with van der Waals surface area (Å²) in [7, 11) is 0. The molecule has 1 fully saturated rings. The molecule has 170 valence electrons. The number of rotatable bonds is 11. The third-order valence-corrected chi connectivity index (χ3v) is 6.28. The van der Waals surface area contributed by atoms with Crippen LogP contribution in [0.4, 0.5) is 0 Å². The van der Waals surface area contributed by atoms with Crippen LogP contribution in [0, 0.1) is 0 Å². The lowest BCUT2D eigenvalue weighted by molar-refractivity contribution is -0.121. The molecule has 1 amide bonds. The van der Waals surface area contributed by atoms with Gasteiger partial charge in [-0.05, 0) is 61.7 Å². The number of thioether (sulfide) groups is 1. The highest BCUT2D eigenvalue weighted by atomic mass is 32.2. The second kappa shape index (κ2) is 11.9. The van der Waals surface area contributed by atoms with Crippen molar-refractivity contribution in [1.82, 2.24) is 4.90 Å². The maximum Gasteiger partial charge on any atom is 0.266 e. The fraction of sp³-hybridized carbons (Fsp3) is 0.360. The van der Waals surface area contributed by atoms with Crippen molar-refractivity contribution in [2.75, 3.05) is 26.4 Å². The van der Waals surface area contributed by atoms with Crippen LogP contribution in [-0.2, 0) is 11.2 Å². The number of aryl methyl sites for hydroxylation is 1. The summed E-state index contributed by atoms with van der Waals surface area (Å²) in [5.74, 6) is 2.15. The first-order valence-electron chi connectivity index (χ1n) is 10.9. The average molecular weight is 472 g/mol. The number of carbonyl (C=O) groups is 1. The van der Waals surface area contributed by atoms with Crippen LogP contribution in [-0.4, -0.2) is 41.5 Å². The Morgan fingerprint density at radius 2 is 1.72 bits per heavy atom. The summed E-state index contributed by atoms with van der Waals surface area (Å²) in [6.07, 6.45) is 3.62. The Morgan fingerprint density at radius 3 is 2.38 bits per heavy atom. The molecule has 1 aliphatic rings. The van der Waals surface area contributed by atoms with E-state index in [1.54, 1.807) is 4.90 Å². The van der Waals surface area contributed by atoms with E-state index in [2.05, 4.69) is 19.1 Å². The molecule has 0 aromatic heterocycles. The predicted molar refractivity (Wildman–Crippen MR) is 135 cm³/mol. The summed E-state index contributed by atoms with van der Waals surface area (Å²) in [5, 5.41) is 0. The average Bonchev–Trinajstić information content (AvgIpc) is 3.07. The molecule has 1 aliphatic heterocycles. The molecule has 0 aliphatic carbocycles. The molecule has 2 aromatic carbocycles. The number of likely N-dealkylation sites (N-methyl/N-ethyl adjacent to an activating group) is 1. The van der Waals surface area contributed by atoms with Crippen LogP contribution < -0.4 is 14.2 Å². The summed E-state index contributed by atoms with van der Waals surface area (Å²) >= 11 is 6.61. The van der Waals surface area contributed by atoms with Gasteiger partial charge in [0.25, 0.3) is 5.91 Å². The monoisotopic (exact) mass is 471 g/mol. The Morgan fingerprint density at radius 1 is 0.969 bits per heavy atom. The predicted octanol–water partition coefficient (Wildman–Crippen LogP) is 5.72. The quantitative estimate of drug-likeness (QED) is 0.237. The number of hydrogen-bond acceptors (Lipinski definition) is 6. The van der Waals surface area contributed by atoms with Crippen molar-refractivity contribution in [2.24, 2.45) is 0 Å². The van der Waals surface area contributed by atoms with Crippen molar-refractivity contribution >= 4 is 40.3 Å². The molecule has 0 unspecified atom stereocenters. The van der Waals surface area contributed by atoms with E-state index in [9.17, 15) is 4.79 Å². The van der Waals surface area contributed by atoms with Gasteiger partial charge in [-0.3, -0.25) is 9.69 Å². The van der Waals surface area contributed by atoms with E-state index in [0.29, 0.717) is 47.1 Å². The highest BCUT2D eigenvalue weighted by Gasteiger charge is 2.30. The van der Waals surface area contributed by atoms with Crippen LogP contribution in [0.5, 0.6) is 17.2 Å². The van der Waals surface area contributed by atoms with Gasteiger partial charge in [-0.2, -0.15) is 0 Å². The lowest BCUT2D eigenvalue weighted by Crippen LogP contribution is -2.27. The second-order valence-corrected chi connectivity index (χ2v) is 8.79. The van der Waals surface area contributed by atoms with Crippen molar-refractivity contribution < 1.29 is 19.0 Å². The summed E-state index contributed by atoms with van der Waals surface area (Å²) in [5.41, 5.74) is 2.17. The second-order valence-electron chi connectivity index (χ2n) is 7.11. The van der Waals surface area contributed by atoms with Crippen molar-refractivity contribution in [1.29, 1.82) is 0 Å². The van der Waals surface area contributed by atoms with Crippen molar-refractivity contribution in [3.05, 3.63) is 58.5 Å². The van der Waals surface area contributed by atoms with Gasteiger partial charge in [0.2, 0.25) is 0 Å². The summed E-state index contributed by atoms with van der Waals surface area (Å²) in [6, 6.07) is 13.9. The molecular weight excluding hydrogens is 442 g/mol. The number of hydrogen-bond donors (Lipinski definition) is 0. The zero-order chi connectivity index (χ0) is 22.9. The zero-order valence-corrected chi connectivity index (χ0v) is 20.4. The first-order valence-corrected chi connectivity index (χ1v) is 12.1. The van der Waals surface area contributed by atoms with Gasteiger partial charge in [0.05, 0.1) is 24.7 Å². The minimum Gasteiger partial charge on any atom is -0.493 e. The van der Waals surface area contributed by atoms with Gasteiger partial charge in [-0.1, -0.05) is 49.1 Å². The van der Waals surface area contributed by atoms with Crippen LogP contribution in [0.25, 0.3) is 6.08 Å². The molecule has 32 heavy (non-hydrogen) atoms. The van der Waals surface area contributed by atoms with Crippen LogP contribution in [0.15, 0.2) is 47.4 Å². The zero-order valence-electron chi connectivity index (χ0n) is 18.8. The fourth-order valence-electron chi connectivity index (χ4n) is 3.18. The molecule has 0 atom stereocenters. The fourth-order valence-corrected chi connectivity index (χ4v) is 4.56. The lowest BCUT2D eigenvalue weighted by atomic mass is 10.2. The Balaban J connectivity index is 1.56. The third-order valence-electron chi connectivity index (χ3n) is 4.90. The Bertz CT molecular complexity index is 972. The van der Waals surface area contributed by atoms with Gasteiger partial charge in [0, 0.05) is 13.0 Å². The van der Waals surface area contributed by atoms with Gasteiger partial charge < -0.3 is 14.2 Å². The van der Waals surface area contributed by atoms with Crippen LogP contribution in [0.1, 0.15) is 38.3 Å². The molecule has 0 radical (unpaired) electrons. The van der Waals surface area contributed by atoms with Gasteiger partial charge in [0.15, 0.2) is 11.5 Å². The van der Waals surface area contributed by atoms with Crippen molar-refractivity contribution in [3.8, 4) is 17.2 Å². The maximum atomic E-state index is 12.4. The maximum absolute atomic E-state index is 12.4. The van der Waals surface area contributed by atoms with E-state index in [-0.39, 0.29) is 5.91 Å². The molecule has 0 spiro atoms. The van der Waals surface area contributed by atoms with Gasteiger partial charge >= 0.3 is 0 Å². The van der Waals surface area contributed by atoms with E-state index < -0.39 is 0 Å². The lowest BCUT2D eigenvalue weighted by Gasteiger charge is -2.13. The SMILES string of the molecule is CCOc1cc(C=C2SC(=S)N(CC)C2=O)ccc1OCCCOc1ccc(CC)cc1. The van der Waals surface area contributed by atoms with Crippen LogP contribution in [0.2, 0.25) is 0 Å². The van der Waals surface area contributed by atoms with Crippen molar-refractivity contribution in [2.45, 2.75) is 33.6 Å². The molecular formula is C25H29NO4S2. The number of amides is 1. The molecule has 1 saturated heterocycles. The van der Waals surface area contributed by atoms with Gasteiger partial charge in [0.1, 0.15) is 10.1 Å². The molecule has 5 nitrogen and oxygen atoms in total. The standard InChI is InChI=1S/C25H29NO4S2/c1-4-18-8-11-20(12-9-18)29-14-7-15-30-21-13-10-19(16-22(21)28-6-3)17-23-24(27)26(5-2)25(31)32-23/h8-13,16-17H,4-7,14-15H2,1-3H3. The van der Waals surface area contributed by atoms with Crippen LogP contribution in [0.3, 0.4) is 0 Å². The smallest absolute Gasteiger partial charge is 0.266 e. The van der Waals surface area contributed by atoms with E-state index in [0.717, 1.165) is 24.2 Å². The summed E-state index contributed by atoms with van der Waals surface area (Å²) < 4.78 is 18.1. The first-order chi connectivity index (χ1) is 15.5. The Kier molecular flexibility index (Phi) is 9.00. The van der Waals surface area contributed by atoms with E-state index in [1.165, 1.54) is 17.3 Å². The number of carbonyl (C=O) groups excluding carboxylic acids is 1. The van der Waals surface area contributed by atoms with Crippen LogP contribution >= 0.6 is 24.0 Å². The number of ether oxygens (including phenoxy) is 3. The largest absolute Gasteiger partial charge is 0.493 e. The van der Waals surface area contributed by atoms with Gasteiger partial charge in [-0.15, -0.1) is 0 Å². The molecule has 7 heteroatoms. The summed E-state index contributed by atoms with van der Waals surface area (Å²) in [4.78, 5) is 14.7. The minimum atomic E-state index is -0.0508. The molecule has 3 rings (SSSR count). The van der Waals surface area contributed by atoms with E-state index in [4.69, 9.17) is 26.4 Å². The molecule has 0 saturated carbocycles. The van der Waals surface area contributed by atoms with E-state index >= 15 is 0 Å². The molecule has 2 aromatic rings. The first kappa shape index (κ1) is 24.1.